The predicted molar refractivity (Wildman–Crippen MR) is 229 cm³/mol. The second-order valence-electron chi connectivity index (χ2n) is 13.7. The topological polar surface area (TPSA) is 23.0 Å². The van der Waals surface area contributed by atoms with Gasteiger partial charge in [0.1, 0.15) is 5.58 Å². The molecule has 0 N–H and O–H groups in total. The van der Waals surface area contributed by atoms with Crippen LogP contribution in [0, 0.1) is 0 Å². The first-order valence-electron chi connectivity index (χ1n) is 18.4. The third-order valence-corrected chi connectivity index (χ3v) is 10.5. The molecule has 0 radical (unpaired) electrons. The Balaban J connectivity index is 0.00000117. The van der Waals surface area contributed by atoms with E-state index in [9.17, 15) is 0 Å². The highest BCUT2D eigenvalue weighted by Gasteiger charge is 2.25. The molecule has 0 aliphatic rings. The van der Waals surface area contributed by atoms with Gasteiger partial charge in [-0.2, -0.15) is 0 Å². The molecule has 11 rings (SSSR count). The van der Waals surface area contributed by atoms with Gasteiger partial charge in [0.15, 0.2) is 5.58 Å². The van der Waals surface area contributed by atoms with Crippen molar-refractivity contribution in [1.82, 2.24) is 9.13 Å². The van der Waals surface area contributed by atoms with Crippen molar-refractivity contribution in [2.45, 2.75) is 6.92 Å². The Hall–Kier alpha value is -7.10. The van der Waals surface area contributed by atoms with E-state index in [0.29, 0.717) is 0 Å². The molecule has 11 aromatic rings. The molecule has 0 aliphatic heterocycles. The summed E-state index contributed by atoms with van der Waals surface area (Å²) in [6.45, 7) is 5.25. The van der Waals surface area contributed by atoms with Gasteiger partial charge in [-0.05, 0) is 60.5 Å². The number of hydrogen-bond acceptors (Lipinski definition) is 1. The molecule has 0 amide bonds. The molecule has 256 valence electrons. The lowest BCUT2D eigenvalue weighted by Gasteiger charge is -2.17. The van der Waals surface area contributed by atoms with Crippen molar-refractivity contribution < 1.29 is 4.42 Å². The van der Waals surface area contributed by atoms with E-state index in [1.54, 1.807) is 6.08 Å². The molecule has 0 atom stereocenters. The van der Waals surface area contributed by atoms with Gasteiger partial charge >= 0.3 is 0 Å². The van der Waals surface area contributed by atoms with E-state index in [-0.39, 0.29) is 0 Å². The van der Waals surface area contributed by atoms with Gasteiger partial charge in [0.25, 0.3) is 0 Å². The number of fused-ring (bicyclic) bond motifs is 9. The normalized spacial score (nSPS) is 11.5. The maximum atomic E-state index is 6.70. The van der Waals surface area contributed by atoms with Gasteiger partial charge in [-0.25, -0.2) is 0 Å². The Morgan fingerprint density at radius 2 is 1.06 bits per heavy atom. The summed E-state index contributed by atoms with van der Waals surface area (Å²) in [6.07, 6.45) is 1.75. The number of rotatable bonds is 4. The van der Waals surface area contributed by atoms with Crippen LogP contribution in [0.15, 0.2) is 199 Å². The van der Waals surface area contributed by atoms with E-state index in [4.69, 9.17) is 4.42 Å². The third kappa shape index (κ3) is 4.76. The van der Waals surface area contributed by atoms with Crippen LogP contribution in [0.2, 0.25) is 0 Å². The van der Waals surface area contributed by atoms with E-state index in [1.165, 1.54) is 54.8 Å². The smallest absolute Gasteiger partial charge is 0.159 e. The van der Waals surface area contributed by atoms with Crippen molar-refractivity contribution in [1.29, 1.82) is 0 Å². The minimum atomic E-state index is 0.887. The number of para-hydroxylation sites is 6. The van der Waals surface area contributed by atoms with Crippen molar-refractivity contribution in [2.75, 3.05) is 0 Å². The summed E-state index contributed by atoms with van der Waals surface area (Å²) < 4.78 is 11.5. The summed E-state index contributed by atoms with van der Waals surface area (Å²) in [6, 6.07) is 65.4. The first kappa shape index (κ1) is 31.6. The number of nitrogens with zero attached hydrogens (tertiary/aromatic N) is 2. The molecular formula is C51H36N2O. The standard InChI is InChI=1S/C48H30N2O.C3H6/c1-3-15-31(16-4-1)33-29-30-42-46(38-21-8-11-26-41(38)49(42)32-17-5-2-6-18-32)45(33)39-24-13-22-36-34-19-7-10-25-40(34)50(47(36)39)43-27-14-23-37-35-20-9-12-28-44(35)51-48(37)43;1-3-2/h1-30H;3H,1H2,2H3. The molecule has 3 heterocycles. The van der Waals surface area contributed by atoms with Crippen LogP contribution >= 0.6 is 0 Å². The van der Waals surface area contributed by atoms with Crippen molar-refractivity contribution in [3.63, 3.8) is 0 Å². The van der Waals surface area contributed by atoms with Crippen LogP contribution in [-0.2, 0) is 0 Å². The van der Waals surface area contributed by atoms with Gasteiger partial charge in [-0.1, -0.05) is 146 Å². The lowest BCUT2D eigenvalue weighted by Crippen LogP contribution is -1.98. The van der Waals surface area contributed by atoms with E-state index >= 15 is 0 Å². The van der Waals surface area contributed by atoms with E-state index in [1.807, 2.05) is 13.0 Å². The highest BCUT2D eigenvalue weighted by atomic mass is 16.3. The molecule has 0 fully saturated rings. The number of allylic oxidation sites excluding steroid dienone is 1. The number of hydrogen-bond donors (Lipinski definition) is 0. The zero-order chi connectivity index (χ0) is 36.2. The molecule has 3 heteroatoms. The molecule has 8 aromatic carbocycles. The molecule has 0 saturated carbocycles. The van der Waals surface area contributed by atoms with E-state index < -0.39 is 0 Å². The van der Waals surface area contributed by atoms with Crippen molar-refractivity contribution >= 4 is 65.6 Å². The molecule has 3 aromatic heterocycles. The van der Waals surface area contributed by atoms with Gasteiger partial charge in [0.05, 0.1) is 27.8 Å². The van der Waals surface area contributed by atoms with Crippen LogP contribution in [0.25, 0.3) is 99.2 Å². The molecule has 0 spiro atoms. The largest absolute Gasteiger partial charge is 0.454 e. The monoisotopic (exact) mass is 692 g/mol. The van der Waals surface area contributed by atoms with Crippen molar-refractivity contribution in [3.8, 4) is 33.6 Å². The fraction of sp³-hybridized carbons (Fsp3) is 0.0196. The van der Waals surface area contributed by atoms with Crippen LogP contribution in [0.3, 0.4) is 0 Å². The van der Waals surface area contributed by atoms with E-state index in [0.717, 1.165) is 44.3 Å². The van der Waals surface area contributed by atoms with Crippen LogP contribution in [0.5, 0.6) is 0 Å². The minimum Gasteiger partial charge on any atom is -0.454 e. The van der Waals surface area contributed by atoms with Gasteiger partial charge in [-0.15, -0.1) is 6.58 Å². The molecule has 0 bridgehead atoms. The maximum Gasteiger partial charge on any atom is 0.159 e. The zero-order valence-electron chi connectivity index (χ0n) is 29.9. The van der Waals surface area contributed by atoms with Crippen molar-refractivity contribution in [2.24, 2.45) is 0 Å². The third-order valence-electron chi connectivity index (χ3n) is 10.5. The molecule has 3 nitrogen and oxygen atoms in total. The summed E-state index contributed by atoms with van der Waals surface area (Å²) >= 11 is 0. The zero-order valence-corrected chi connectivity index (χ0v) is 29.9. The molecule has 0 saturated heterocycles. The SMILES string of the molecule is C=CC.c1ccc(-c2ccc3c(c2-c2cccc4c5ccccc5n(-c5cccc6c5oc5ccccc56)c24)c2ccccc2n3-c2ccccc2)cc1. The van der Waals surface area contributed by atoms with Crippen molar-refractivity contribution in [3.05, 3.63) is 195 Å². The summed E-state index contributed by atoms with van der Waals surface area (Å²) in [5.41, 5.74) is 13.4. The molecule has 0 aliphatic carbocycles. The van der Waals surface area contributed by atoms with Crippen LogP contribution in [-0.4, -0.2) is 9.13 Å². The second kappa shape index (κ2) is 12.8. The Labute approximate surface area is 313 Å². The summed E-state index contributed by atoms with van der Waals surface area (Å²) in [5.74, 6) is 0. The van der Waals surface area contributed by atoms with Gasteiger partial charge < -0.3 is 13.6 Å². The van der Waals surface area contributed by atoms with Crippen LogP contribution < -0.4 is 0 Å². The van der Waals surface area contributed by atoms with Gasteiger partial charge in [-0.3, -0.25) is 0 Å². The summed E-state index contributed by atoms with van der Waals surface area (Å²) in [4.78, 5) is 0. The predicted octanol–water partition coefficient (Wildman–Crippen LogP) is 14.3. The first-order valence-corrected chi connectivity index (χ1v) is 18.4. The average molecular weight is 693 g/mol. The first-order chi connectivity index (χ1) is 26.8. The molecular weight excluding hydrogens is 657 g/mol. The highest BCUT2D eigenvalue weighted by molar-refractivity contribution is 6.23. The summed E-state index contributed by atoms with van der Waals surface area (Å²) in [5, 5.41) is 7.12. The quantitative estimate of drug-likeness (QED) is 0.168. The Bertz CT molecular complexity index is 3180. The Morgan fingerprint density at radius 3 is 1.83 bits per heavy atom. The summed E-state index contributed by atoms with van der Waals surface area (Å²) in [7, 11) is 0. The second-order valence-corrected chi connectivity index (χ2v) is 13.7. The Kier molecular flexibility index (Phi) is 7.52. The van der Waals surface area contributed by atoms with Crippen LogP contribution in [0.4, 0.5) is 0 Å². The highest BCUT2D eigenvalue weighted by Crippen LogP contribution is 2.48. The molecule has 0 unspecified atom stereocenters. The minimum absolute atomic E-state index is 0.887. The van der Waals surface area contributed by atoms with Gasteiger partial charge in [0.2, 0.25) is 0 Å². The van der Waals surface area contributed by atoms with Gasteiger partial charge in [0, 0.05) is 49.1 Å². The number of aromatic nitrogens is 2. The Morgan fingerprint density at radius 1 is 0.463 bits per heavy atom. The fourth-order valence-corrected chi connectivity index (χ4v) is 8.43. The lowest BCUT2D eigenvalue weighted by molar-refractivity contribution is 0.666. The van der Waals surface area contributed by atoms with Crippen LogP contribution in [0.1, 0.15) is 6.92 Å². The van der Waals surface area contributed by atoms with E-state index in [2.05, 4.69) is 192 Å². The fourth-order valence-electron chi connectivity index (χ4n) is 8.43. The average Bonchev–Trinajstić information content (AvgIpc) is 3.90. The maximum absolute atomic E-state index is 6.70. The lowest BCUT2D eigenvalue weighted by atomic mass is 9.89. The number of furan rings is 1. The number of benzene rings is 8. The molecule has 54 heavy (non-hydrogen) atoms.